The Kier molecular flexibility index (Phi) is 6.50. The second-order valence-corrected chi connectivity index (χ2v) is 2.99. The second kappa shape index (κ2) is 7.69. The van der Waals surface area contributed by atoms with Crippen molar-refractivity contribution in [2.45, 2.75) is 0 Å². The SMILES string of the molecule is O=C(c1c[c-]ccc1)c1ccccc1.[Zn+][I]. The molecule has 0 aliphatic carbocycles. The van der Waals surface area contributed by atoms with Gasteiger partial charge in [-0.2, -0.15) is 30.3 Å². The molecule has 0 amide bonds. The maximum absolute atomic E-state index is 11.8. The van der Waals surface area contributed by atoms with Gasteiger partial charge >= 0.3 is 34.5 Å². The molecule has 1 nitrogen and oxygen atoms in total. The summed E-state index contributed by atoms with van der Waals surface area (Å²) in [6, 6.07) is 19.2. The molecule has 0 spiro atoms. The van der Waals surface area contributed by atoms with Crippen molar-refractivity contribution in [3.63, 3.8) is 0 Å². The molecular weight excluding hydrogens is 364 g/mol. The van der Waals surface area contributed by atoms with Gasteiger partial charge in [0.1, 0.15) is 5.78 Å². The molecule has 0 unspecified atom stereocenters. The van der Waals surface area contributed by atoms with Crippen LogP contribution in [0.3, 0.4) is 0 Å². The molecule has 2 aromatic carbocycles. The van der Waals surface area contributed by atoms with Crippen molar-refractivity contribution in [3.8, 4) is 0 Å². The molecule has 3 heteroatoms. The van der Waals surface area contributed by atoms with Crippen LogP contribution in [-0.2, 0) is 14.8 Å². The topological polar surface area (TPSA) is 17.1 Å². The molecule has 0 aromatic heterocycles. The van der Waals surface area contributed by atoms with Crippen LogP contribution in [0.4, 0.5) is 0 Å². The van der Waals surface area contributed by atoms with E-state index in [1.165, 1.54) is 14.8 Å². The number of hydrogen-bond donors (Lipinski definition) is 0. The first-order chi connectivity index (χ1) is 7.88. The summed E-state index contributed by atoms with van der Waals surface area (Å²) < 4.78 is 0. The van der Waals surface area contributed by atoms with Crippen LogP contribution in [0.1, 0.15) is 15.9 Å². The Morgan fingerprint density at radius 1 is 1.00 bits per heavy atom. The molecule has 76 valence electrons. The van der Waals surface area contributed by atoms with E-state index in [1.807, 2.05) is 36.4 Å². The molecule has 0 atom stereocenters. The number of hydrogen-bond acceptors (Lipinski definition) is 1. The summed E-state index contributed by atoms with van der Waals surface area (Å²) >= 11 is 3.62. The van der Waals surface area contributed by atoms with Crippen LogP contribution in [0.25, 0.3) is 0 Å². The fraction of sp³-hybridized carbons (Fsp3) is 0. The third-order valence-corrected chi connectivity index (χ3v) is 2.01. The average Bonchev–Trinajstić information content (AvgIpc) is 2.42. The normalized spacial score (nSPS) is 8.94. The first-order valence-electron chi connectivity index (χ1n) is 4.70. The van der Waals surface area contributed by atoms with Gasteiger partial charge in [0, 0.05) is 5.56 Å². The van der Waals surface area contributed by atoms with Crippen molar-refractivity contribution in [2.75, 3.05) is 0 Å². The zero-order chi connectivity index (χ0) is 11.8. The van der Waals surface area contributed by atoms with E-state index in [0.29, 0.717) is 11.1 Å². The van der Waals surface area contributed by atoms with E-state index in [9.17, 15) is 4.79 Å². The van der Waals surface area contributed by atoms with Crippen LogP contribution < -0.4 is 0 Å². The first-order valence-corrected chi connectivity index (χ1v) is 13.8. The Bertz CT molecular complexity index is 387. The van der Waals surface area contributed by atoms with Gasteiger partial charge in [0.25, 0.3) is 0 Å². The minimum atomic E-state index is 0.0439. The minimum absolute atomic E-state index is 0.0439. The molecule has 2 rings (SSSR count). The molecule has 0 aliphatic rings. The Hall–Kier alpha value is -0.537. The number of rotatable bonds is 2. The molecule has 0 saturated heterocycles. The Labute approximate surface area is 116 Å². The van der Waals surface area contributed by atoms with E-state index >= 15 is 0 Å². The zero-order valence-corrected chi connectivity index (χ0v) is 13.8. The van der Waals surface area contributed by atoms with Crippen molar-refractivity contribution in [1.29, 1.82) is 0 Å². The standard InChI is InChI=1S/C13H9O.HI.Zn/c14-13(11-7-3-1-4-8-11)12-9-5-2-6-10-12;;/h1-5,7-10H;1H;/q-1;;+2/p-1. The average molecular weight is 374 g/mol. The second-order valence-electron chi connectivity index (χ2n) is 2.99. The summed E-state index contributed by atoms with van der Waals surface area (Å²) in [6.07, 6.45) is 0. The van der Waals surface area contributed by atoms with Crippen molar-refractivity contribution >= 4 is 25.5 Å². The van der Waals surface area contributed by atoms with E-state index in [-0.39, 0.29) is 5.78 Å². The van der Waals surface area contributed by atoms with Gasteiger partial charge in [0.05, 0.1) is 0 Å². The van der Waals surface area contributed by atoms with Crippen LogP contribution in [0, 0.1) is 6.07 Å². The molecule has 0 N–H and O–H groups in total. The molecule has 0 bridgehead atoms. The first kappa shape index (κ1) is 13.5. The van der Waals surface area contributed by atoms with Crippen LogP contribution in [0.5, 0.6) is 0 Å². The number of ketones is 1. The van der Waals surface area contributed by atoms with E-state index in [1.54, 1.807) is 18.2 Å². The summed E-state index contributed by atoms with van der Waals surface area (Å²) in [5.74, 6) is 0.0439. The Morgan fingerprint density at radius 2 is 1.62 bits per heavy atom. The number of halogens is 1. The molecule has 0 fully saturated rings. The third kappa shape index (κ3) is 3.80. The quantitative estimate of drug-likeness (QED) is 0.340. The maximum atomic E-state index is 11.8. The van der Waals surface area contributed by atoms with Gasteiger partial charge in [-0.15, -0.1) is 0 Å². The van der Waals surface area contributed by atoms with Gasteiger partial charge < -0.3 is 4.79 Å². The molecular formula is C13H9IOZn. The molecule has 0 saturated carbocycles. The fourth-order valence-corrected chi connectivity index (χ4v) is 1.29. The molecule has 0 radical (unpaired) electrons. The third-order valence-electron chi connectivity index (χ3n) is 2.01. The van der Waals surface area contributed by atoms with Gasteiger partial charge in [-0.1, -0.05) is 35.9 Å². The summed E-state index contributed by atoms with van der Waals surface area (Å²) in [4.78, 5) is 11.8. The summed E-state index contributed by atoms with van der Waals surface area (Å²) in [6.45, 7) is 0. The molecule has 2 aromatic rings. The van der Waals surface area contributed by atoms with Gasteiger partial charge in [-0.3, -0.25) is 0 Å². The summed E-state index contributed by atoms with van der Waals surface area (Å²) in [5.41, 5.74) is 1.39. The van der Waals surface area contributed by atoms with Crippen molar-refractivity contribution < 1.29 is 19.6 Å². The van der Waals surface area contributed by atoms with Crippen LogP contribution >= 0.6 is 19.8 Å². The van der Waals surface area contributed by atoms with Gasteiger partial charge in [0.15, 0.2) is 0 Å². The van der Waals surface area contributed by atoms with Crippen molar-refractivity contribution in [1.82, 2.24) is 0 Å². The zero-order valence-electron chi connectivity index (χ0n) is 8.69. The van der Waals surface area contributed by atoms with E-state index in [4.69, 9.17) is 0 Å². The summed E-state index contributed by atoms with van der Waals surface area (Å²) in [7, 11) is 0. The molecule has 16 heavy (non-hydrogen) atoms. The van der Waals surface area contributed by atoms with Gasteiger partial charge in [0.2, 0.25) is 0 Å². The van der Waals surface area contributed by atoms with E-state index in [0.717, 1.165) is 0 Å². The van der Waals surface area contributed by atoms with E-state index in [2.05, 4.69) is 25.8 Å². The molecule has 0 aliphatic heterocycles. The fourth-order valence-electron chi connectivity index (χ4n) is 1.29. The number of benzene rings is 2. The predicted molar refractivity (Wildman–Crippen MR) is 69.2 cm³/mol. The van der Waals surface area contributed by atoms with E-state index < -0.39 is 0 Å². The monoisotopic (exact) mass is 372 g/mol. The van der Waals surface area contributed by atoms with Crippen molar-refractivity contribution in [3.05, 3.63) is 71.8 Å². The molecule has 0 heterocycles. The van der Waals surface area contributed by atoms with Crippen molar-refractivity contribution in [2.24, 2.45) is 0 Å². The van der Waals surface area contributed by atoms with Gasteiger partial charge in [-0.25, -0.2) is 0 Å². The number of carbonyl (C=O) groups is 1. The predicted octanol–water partition coefficient (Wildman–Crippen LogP) is 3.60. The number of carbonyl (C=O) groups excluding carboxylic acids is 1. The van der Waals surface area contributed by atoms with Crippen LogP contribution in [0.2, 0.25) is 0 Å². The summed E-state index contributed by atoms with van der Waals surface area (Å²) in [5, 5.41) is 0. The van der Waals surface area contributed by atoms with Crippen LogP contribution in [-0.4, -0.2) is 5.78 Å². The Morgan fingerprint density at radius 3 is 2.19 bits per heavy atom. The van der Waals surface area contributed by atoms with Gasteiger partial charge in [-0.05, 0) is 0 Å². The Balaban J connectivity index is 0.000000606. The van der Waals surface area contributed by atoms with Crippen LogP contribution in [0.15, 0.2) is 54.6 Å².